The number of carbonyl (C=O) groups is 1. The van der Waals surface area contributed by atoms with Crippen LogP contribution in [-0.2, 0) is 16.1 Å². The van der Waals surface area contributed by atoms with Crippen molar-refractivity contribution in [3.05, 3.63) is 52.6 Å². The zero-order valence-electron chi connectivity index (χ0n) is 17.0. The van der Waals surface area contributed by atoms with Crippen molar-refractivity contribution in [2.75, 3.05) is 12.3 Å². The Balaban J connectivity index is 1.60. The molecule has 32 heavy (non-hydrogen) atoms. The Morgan fingerprint density at radius 3 is 2.75 bits per heavy atom. The second kappa shape index (κ2) is 8.45. The Bertz CT molecular complexity index is 1160. The molecule has 0 aliphatic carbocycles. The highest BCUT2D eigenvalue weighted by Crippen LogP contribution is 2.30. The summed E-state index contributed by atoms with van der Waals surface area (Å²) in [6.45, 7) is 2.34. The van der Waals surface area contributed by atoms with E-state index in [4.69, 9.17) is 10.5 Å². The maximum Gasteiger partial charge on any atom is 0.269 e. The number of amides is 1. The minimum Gasteiger partial charge on any atom is -0.847 e. The first-order valence-electron chi connectivity index (χ1n) is 9.82. The molecule has 4 atom stereocenters. The molecule has 4 rings (SSSR count). The largest absolute Gasteiger partial charge is 0.847 e. The molecular formula is C19H21N7O6. The summed E-state index contributed by atoms with van der Waals surface area (Å²) >= 11 is 0. The number of fused-ring (bicyclic) bond motifs is 1. The van der Waals surface area contributed by atoms with E-state index < -0.39 is 35.4 Å². The van der Waals surface area contributed by atoms with Crippen molar-refractivity contribution < 1.29 is 29.2 Å². The lowest BCUT2D eigenvalue weighted by atomic mass is 10.1. The number of carbonyl (C=O) groups excluding carboxylic acids is 1. The standard InChI is InChI=1S/C19H20N7O6/c1-2-21-18(29)15-13(27)14(28)19(32-15)25-9-22-12-16(20)24(8-23-17(12)25)7-10-3-5-11(6-4-10)26(30)31/h3-6,8-9,13-15,19-20,27H,2,7H2,1H3,(H,21,29)/q-1/p+1/t13-,14+,15-,19+/m0/s1. The number of nitrogens with one attached hydrogen (secondary N) is 1. The van der Waals surface area contributed by atoms with Gasteiger partial charge in [0.2, 0.25) is 12.0 Å². The summed E-state index contributed by atoms with van der Waals surface area (Å²) < 4.78 is 8.51. The number of ether oxygens (including phenoxy) is 1. The quantitative estimate of drug-likeness (QED) is 0.229. The van der Waals surface area contributed by atoms with Gasteiger partial charge in [0.1, 0.15) is 12.6 Å². The number of nitrogens with zero attached hydrogens (tertiary/aromatic N) is 5. The molecule has 3 heterocycles. The van der Waals surface area contributed by atoms with E-state index in [9.17, 15) is 25.1 Å². The van der Waals surface area contributed by atoms with Crippen LogP contribution in [0.3, 0.4) is 0 Å². The zero-order valence-corrected chi connectivity index (χ0v) is 17.0. The Kier molecular flexibility index (Phi) is 5.69. The summed E-state index contributed by atoms with van der Waals surface area (Å²) in [6.07, 6.45) is -2.88. The van der Waals surface area contributed by atoms with Gasteiger partial charge in [-0.05, 0) is 30.7 Å². The average molecular weight is 443 g/mol. The van der Waals surface area contributed by atoms with Crippen molar-refractivity contribution in [1.82, 2.24) is 19.9 Å². The van der Waals surface area contributed by atoms with Gasteiger partial charge in [-0.15, -0.1) is 0 Å². The Morgan fingerprint density at radius 2 is 2.09 bits per heavy atom. The maximum atomic E-state index is 12.6. The minimum atomic E-state index is -1.63. The fraction of sp³-hybridized carbons (Fsp3) is 0.368. The van der Waals surface area contributed by atoms with E-state index in [-0.39, 0.29) is 17.2 Å². The van der Waals surface area contributed by atoms with Gasteiger partial charge in [0.25, 0.3) is 17.4 Å². The predicted molar refractivity (Wildman–Crippen MR) is 107 cm³/mol. The second-order valence-electron chi connectivity index (χ2n) is 7.30. The van der Waals surface area contributed by atoms with E-state index >= 15 is 0 Å². The van der Waals surface area contributed by atoms with Crippen molar-refractivity contribution >= 4 is 28.6 Å². The maximum absolute atomic E-state index is 12.6. The number of hydrogen-bond donors (Lipinski definition) is 3. The van der Waals surface area contributed by atoms with E-state index in [0.717, 1.165) is 5.56 Å². The van der Waals surface area contributed by atoms with Crippen LogP contribution in [0.2, 0.25) is 0 Å². The highest BCUT2D eigenvalue weighted by molar-refractivity contribution is 5.82. The molecule has 1 aliphatic rings. The fourth-order valence-electron chi connectivity index (χ4n) is 3.58. The van der Waals surface area contributed by atoms with Crippen LogP contribution in [0.25, 0.3) is 11.2 Å². The van der Waals surface area contributed by atoms with E-state index in [0.29, 0.717) is 18.6 Å². The van der Waals surface area contributed by atoms with Gasteiger partial charge in [-0.1, -0.05) is 4.98 Å². The van der Waals surface area contributed by atoms with Crippen LogP contribution in [0.4, 0.5) is 11.5 Å². The van der Waals surface area contributed by atoms with Crippen LogP contribution in [-0.4, -0.2) is 55.3 Å². The molecule has 1 fully saturated rings. The summed E-state index contributed by atoms with van der Waals surface area (Å²) in [5.41, 5.74) is 7.55. The number of rotatable bonds is 6. The molecule has 0 unspecified atom stereocenters. The van der Waals surface area contributed by atoms with Crippen LogP contribution < -0.4 is 20.7 Å². The van der Waals surface area contributed by atoms with E-state index in [1.54, 1.807) is 23.6 Å². The number of aromatic nitrogens is 4. The number of nitro groups is 1. The molecule has 1 saturated heterocycles. The molecule has 0 radical (unpaired) electrons. The number of anilines is 1. The number of likely N-dealkylation sites (N-methyl/N-ethyl adjacent to an activating group) is 1. The van der Waals surface area contributed by atoms with Crippen LogP contribution in [0.1, 0.15) is 18.7 Å². The molecule has 2 aromatic heterocycles. The lowest BCUT2D eigenvalue weighted by Gasteiger charge is -2.25. The summed E-state index contributed by atoms with van der Waals surface area (Å²) in [5.74, 6) is -0.311. The van der Waals surface area contributed by atoms with Crippen LogP contribution in [0, 0.1) is 10.1 Å². The normalized spacial score (nSPS) is 22.8. The third-order valence-electron chi connectivity index (χ3n) is 5.24. The minimum absolute atomic E-state index is 0.0177. The topological polar surface area (TPSA) is 185 Å². The van der Waals surface area contributed by atoms with Crippen LogP contribution in [0.15, 0.2) is 36.9 Å². The highest BCUT2D eigenvalue weighted by atomic mass is 16.6. The molecule has 1 aliphatic heterocycles. The number of non-ortho nitro benzene ring substituents is 1. The van der Waals surface area contributed by atoms with Gasteiger partial charge in [-0.2, -0.15) is 0 Å². The van der Waals surface area contributed by atoms with Crippen LogP contribution >= 0.6 is 0 Å². The second-order valence-corrected chi connectivity index (χ2v) is 7.30. The van der Waals surface area contributed by atoms with Gasteiger partial charge in [-0.3, -0.25) is 19.5 Å². The lowest BCUT2D eigenvalue weighted by molar-refractivity contribution is -0.675. The van der Waals surface area contributed by atoms with Gasteiger partial charge in [-0.25, -0.2) is 9.55 Å². The molecule has 3 aromatic rings. The first kappa shape index (κ1) is 21.5. The molecule has 13 nitrogen and oxygen atoms in total. The number of nitro benzene ring substituents is 1. The van der Waals surface area contributed by atoms with Crippen LogP contribution in [0.5, 0.6) is 0 Å². The van der Waals surface area contributed by atoms with Crippen molar-refractivity contribution in [2.45, 2.75) is 38.0 Å². The van der Waals surface area contributed by atoms with Crippen molar-refractivity contribution in [1.29, 1.82) is 0 Å². The molecule has 0 spiro atoms. The number of nitrogen functional groups attached to an aromatic ring is 1. The Labute approximate surface area is 181 Å². The van der Waals surface area contributed by atoms with Gasteiger partial charge < -0.3 is 26.0 Å². The highest BCUT2D eigenvalue weighted by Gasteiger charge is 2.43. The van der Waals surface area contributed by atoms with Crippen molar-refractivity contribution in [2.24, 2.45) is 0 Å². The molecule has 168 valence electrons. The fourth-order valence-corrected chi connectivity index (χ4v) is 3.58. The Morgan fingerprint density at radius 1 is 1.38 bits per heavy atom. The van der Waals surface area contributed by atoms with Gasteiger partial charge >= 0.3 is 0 Å². The summed E-state index contributed by atoms with van der Waals surface area (Å²) in [5, 5.41) is 36.1. The molecule has 13 heteroatoms. The number of aliphatic hydroxyl groups excluding tert-OH is 1. The van der Waals surface area contributed by atoms with Gasteiger partial charge in [0.05, 0.1) is 17.6 Å². The third-order valence-corrected chi connectivity index (χ3v) is 5.24. The number of imidazole rings is 1. The monoisotopic (exact) mass is 443 g/mol. The van der Waals surface area contributed by atoms with Crippen molar-refractivity contribution in [3.8, 4) is 0 Å². The Hall–Kier alpha value is -3.68. The van der Waals surface area contributed by atoms with E-state index in [1.165, 1.54) is 29.4 Å². The van der Waals surface area contributed by atoms with Gasteiger partial charge in [0.15, 0.2) is 11.6 Å². The lowest BCUT2D eigenvalue weighted by Crippen LogP contribution is -2.46. The SMILES string of the molecule is CCNC(=O)[C@H]1O[C@@H](n2cnc3c(N)[n+](Cc4ccc([N+](=O)[O-])cc4)cnc32)[C@H]([O-])[C@@H]1O. The van der Waals surface area contributed by atoms with Gasteiger partial charge in [0, 0.05) is 18.7 Å². The number of benzene rings is 1. The third kappa shape index (κ3) is 3.72. The number of aliphatic hydroxyl groups is 1. The summed E-state index contributed by atoms with van der Waals surface area (Å²) in [6, 6.07) is 6.03. The summed E-state index contributed by atoms with van der Waals surface area (Å²) in [4.78, 5) is 31.0. The zero-order chi connectivity index (χ0) is 23.0. The number of nitrogens with two attached hydrogens (primary N) is 1. The predicted octanol–water partition coefficient (Wildman–Crippen LogP) is -1.62. The smallest absolute Gasteiger partial charge is 0.269 e. The molecule has 0 bridgehead atoms. The molecule has 1 amide bonds. The average Bonchev–Trinajstić information content (AvgIpc) is 3.32. The number of hydrogen-bond acceptors (Lipinski definition) is 9. The first-order chi connectivity index (χ1) is 15.3. The molecule has 0 saturated carbocycles. The summed E-state index contributed by atoms with van der Waals surface area (Å²) in [7, 11) is 0. The first-order valence-corrected chi connectivity index (χ1v) is 9.82. The van der Waals surface area contributed by atoms with Crippen molar-refractivity contribution in [3.63, 3.8) is 0 Å². The molecule has 1 aromatic carbocycles. The molecule has 4 N–H and O–H groups in total. The van der Waals surface area contributed by atoms with E-state index in [1.807, 2.05) is 0 Å². The molecular weight excluding hydrogens is 422 g/mol. The van der Waals surface area contributed by atoms with E-state index in [2.05, 4.69) is 15.3 Å².